The van der Waals surface area contributed by atoms with Crippen LogP contribution in [-0.4, -0.2) is 29.5 Å². The number of carbonyl (C=O) groups is 1. The minimum atomic E-state index is -1.33. The lowest BCUT2D eigenvalue weighted by molar-refractivity contribution is 0.00578. The maximum atomic E-state index is 8.78. The van der Waals surface area contributed by atoms with Gasteiger partial charge in [-0.15, -0.1) is 0 Å². The summed E-state index contributed by atoms with van der Waals surface area (Å²) in [6.45, 7) is 18.0. The smallest absolute Gasteiger partial charge is 0.465 e. The molecular weight excluding hydrogens is 389 g/mol. The van der Waals surface area contributed by atoms with Crippen molar-refractivity contribution in [2.75, 3.05) is 0 Å². The summed E-state index contributed by atoms with van der Waals surface area (Å²) < 4.78 is 12.5. The summed E-state index contributed by atoms with van der Waals surface area (Å²) in [5.74, 6) is 0.763. The summed E-state index contributed by atoms with van der Waals surface area (Å²) in [6, 6.07) is 9.19. The highest BCUT2D eigenvalue weighted by Crippen LogP contribution is 2.58. The van der Waals surface area contributed by atoms with Gasteiger partial charge in [0.25, 0.3) is 0 Å². The third-order valence-corrected chi connectivity index (χ3v) is 7.58. The number of carboxylic acid groups (broad SMARTS) is 1. The maximum absolute atomic E-state index is 8.78. The van der Waals surface area contributed by atoms with Crippen LogP contribution in [-0.2, 0) is 14.7 Å². The van der Waals surface area contributed by atoms with Crippen LogP contribution in [0, 0.1) is 11.3 Å². The van der Waals surface area contributed by atoms with Gasteiger partial charge in [0.1, 0.15) is 0 Å². The van der Waals surface area contributed by atoms with Gasteiger partial charge in [0, 0.05) is 0 Å². The molecule has 2 fully saturated rings. The molecule has 1 aromatic carbocycles. The van der Waals surface area contributed by atoms with Crippen LogP contribution in [0.15, 0.2) is 24.3 Å². The first-order valence-corrected chi connectivity index (χ1v) is 11.6. The first-order chi connectivity index (χ1) is 14.2. The topological polar surface area (TPSA) is 81.8 Å². The maximum Gasteiger partial charge on any atom is 0.494 e. The number of rotatable bonds is 5. The Bertz CT molecular complexity index is 734. The molecule has 2 atom stereocenters. The first-order valence-electron chi connectivity index (χ1n) is 11.6. The third kappa shape index (κ3) is 5.46. The van der Waals surface area contributed by atoms with Crippen molar-refractivity contribution in [3.8, 4) is 0 Å². The van der Waals surface area contributed by atoms with Crippen LogP contribution in [0.4, 0.5) is 4.79 Å². The molecular formula is C25H42BNO4. The summed E-state index contributed by atoms with van der Waals surface area (Å²) in [6.07, 6.45) is 5.23. The van der Waals surface area contributed by atoms with E-state index in [0.717, 1.165) is 11.4 Å². The fourth-order valence-corrected chi connectivity index (χ4v) is 5.13. The Balaban J connectivity index is 0.000000785. The number of hydrogen-bond acceptors (Lipinski definition) is 3. The van der Waals surface area contributed by atoms with Gasteiger partial charge in [0.15, 0.2) is 0 Å². The third-order valence-electron chi connectivity index (χ3n) is 7.58. The van der Waals surface area contributed by atoms with Crippen molar-refractivity contribution in [1.29, 1.82) is 0 Å². The Labute approximate surface area is 189 Å². The summed E-state index contributed by atoms with van der Waals surface area (Å²) in [7, 11) is -0.268. The van der Waals surface area contributed by atoms with Crippen molar-refractivity contribution < 1.29 is 19.2 Å². The second-order valence-electron chi connectivity index (χ2n) is 11.3. The fourth-order valence-electron chi connectivity index (χ4n) is 5.13. The minimum absolute atomic E-state index is 0.268. The molecule has 2 aliphatic rings. The van der Waals surface area contributed by atoms with Gasteiger partial charge in [-0.25, -0.2) is 4.79 Å². The molecule has 1 saturated carbocycles. The van der Waals surface area contributed by atoms with E-state index in [4.69, 9.17) is 19.2 Å². The van der Waals surface area contributed by atoms with E-state index in [9.17, 15) is 0 Å². The Kier molecular flexibility index (Phi) is 7.59. The highest BCUT2D eigenvalue weighted by Gasteiger charge is 2.53. The standard InChI is InChI=1S/C24H39BO2.CH3NO2/c1-9-10-16-24(17-15-20(24)21(2,3)4)18-11-13-19(14-12-18)25-26-22(5,6)23(7,8)27-25;2-1(3)4/h11-14,20H,9-10,15-17H2,1-8H3;2H2,(H,3,4). The average Bonchev–Trinajstić information content (AvgIpc) is 2.81. The minimum Gasteiger partial charge on any atom is -0.465 e. The lowest BCUT2D eigenvalue weighted by Gasteiger charge is -2.56. The van der Waals surface area contributed by atoms with Crippen LogP contribution in [0.2, 0.25) is 0 Å². The molecule has 1 heterocycles. The second-order valence-corrected chi connectivity index (χ2v) is 11.3. The molecule has 1 saturated heterocycles. The van der Waals surface area contributed by atoms with Crippen molar-refractivity contribution in [3.05, 3.63) is 29.8 Å². The number of nitrogens with two attached hydrogens (primary N) is 1. The molecule has 2 unspecified atom stereocenters. The van der Waals surface area contributed by atoms with Crippen LogP contribution >= 0.6 is 0 Å². The van der Waals surface area contributed by atoms with E-state index >= 15 is 0 Å². The molecule has 31 heavy (non-hydrogen) atoms. The molecule has 3 rings (SSSR count). The summed E-state index contributed by atoms with van der Waals surface area (Å²) in [4.78, 5) is 8.78. The Morgan fingerprint density at radius 3 is 1.97 bits per heavy atom. The molecule has 0 spiro atoms. The molecule has 0 bridgehead atoms. The van der Waals surface area contributed by atoms with Crippen LogP contribution in [0.3, 0.4) is 0 Å². The van der Waals surface area contributed by atoms with Crippen molar-refractivity contribution in [2.45, 2.75) is 104 Å². The second kappa shape index (κ2) is 9.15. The monoisotopic (exact) mass is 431 g/mol. The Hall–Kier alpha value is -1.53. The van der Waals surface area contributed by atoms with E-state index in [1.807, 2.05) is 0 Å². The molecule has 1 aromatic rings. The Morgan fingerprint density at radius 2 is 1.61 bits per heavy atom. The SMILES string of the molecule is CCCCC1(c2ccc(B3OC(C)(C)C(C)(C)O3)cc2)CCC1C(C)(C)C.NC(=O)O. The number of primary amides is 1. The predicted molar refractivity (Wildman–Crippen MR) is 128 cm³/mol. The van der Waals surface area contributed by atoms with E-state index in [2.05, 4.69) is 85.4 Å². The van der Waals surface area contributed by atoms with E-state index in [-0.39, 0.29) is 18.3 Å². The zero-order valence-corrected chi connectivity index (χ0v) is 20.7. The van der Waals surface area contributed by atoms with Crippen LogP contribution in [0.25, 0.3) is 0 Å². The zero-order chi connectivity index (χ0) is 23.7. The summed E-state index contributed by atoms with van der Waals surface area (Å²) >= 11 is 0. The van der Waals surface area contributed by atoms with Gasteiger partial charge in [0.2, 0.25) is 0 Å². The number of hydrogen-bond donors (Lipinski definition) is 2. The number of unbranched alkanes of at least 4 members (excludes halogenated alkanes) is 1. The fraction of sp³-hybridized carbons (Fsp3) is 0.720. The molecule has 1 amide bonds. The predicted octanol–water partition coefficient (Wildman–Crippen LogP) is 5.49. The normalized spacial score (nSPS) is 26.6. The number of amides is 1. The van der Waals surface area contributed by atoms with Crippen molar-refractivity contribution in [1.82, 2.24) is 0 Å². The van der Waals surface area contributed by atoms with Gasteiger partial charge in [-0.2, -0.15) is 0 Å². The van der Waals surface area contributed by atoms with Crippen molar-refractivity contribution in [2.24, 2.45) is 17.1 Å². The number of benzene rings is 1. The van der Waals surface area contributed by atoms with Gasteiger partial charge < -0.3 is 20.1 Å². The highest BCUT2D eigenvalue weighted by atomic mass is 16.7. The van der Waals surface area contributed by atoms with Gasteiger partial charge in [0.05, 0.1) is 11.2 Å². The largest absolute Gasteiger partial charge is 0.494 e. The zero-order valence-electron chi connectivity index (χ0n) is 20.7. The summed E-state index contributed by atoms with van der Waals surface area (Å²) in [5.41, 5.74) is 6.81. The molecule has 174 valence electrons. The quantitative estimate of drug-likeness (QED) is 0.604. The van der Waals surface area contributed by atoms with E-state index < -0.39 is 6.09 Å². The average molecular weight is 431 g/mol. The van der Waals surface area contributed by atoms with E-state index in [1.165, 1.54) is 37.7 Å². The lowest BCUT2D eigenvalue weighted by atomic mass is 9.48. The molecule has 5 nitrogen and oxygen atoms in total. The van der Waals surface area contributed by atoms with Crippen molar-refractivity contribution >= 4 is 18.7 Å². The van der Waals surface area contributed by atoms with Gasteiger partial charge >= 0.3 is 13.2 Å². The van der Waals surface area contributed by atoms with E-state index in [0.29, 0.717) is 10.8 Å². The summed E-state index contributed by atoms with van der Waals surface area (Å²) in [5, 5.41) is 7.19. The molecule has 0 radical (unpaired) electrons. The van der Waals surface area contributed by atoms with Crippen LogP contribution in [0.5, 0.6) is 0 Å². The lowest BCUT2D eigenvalue weighted by Crippen LogP contribution is -2.50. The molecule has 3 N–H and O–H groups in total. The molecule has 1 aliphatic carbocycles. The highest BCUT2D eigenvalue weighted by molar-refractivity contribution is 6.62. The molecule has 0 aromatic heterocycles. The van der Waals surface area contributed by atoms with Crippen LogP contribution in [0.1, 0.15) is 93.1 Å². The van der Waals surface area contributed by atoms with Gasteiger partial charge in [-0.1, -0.05) is 64.8 Å². The van der Waals surface area contributed by atoms with Gasteiger partial charge in [-0.05, 0) is 74.7 Å². The van der Waals surface area contributed by atoms with E-state index in [1.54, 1.807) is 0 Å². The van der Waals surface area contributed by atoms with Crippen LogP contribution < -0.4 is 11.2 Å². The molecule has 1 aliphatic heterocycles. The Morgan fingerprint density at radius 1 is 1.13 bits per heavy atom. The van der Waals surface area contributed by atoms with Crippen molar-refractivity contribution in [3.63, 3.8) is 0 Å². The molecule has 6 heteroatoms. The first kappa shape index (κ1) is 25.7. The van der Waals surface area contributed by atoms with Gasteiger partial charge in [-0.3, -0.25) is 0 Å².